The van der Waals surface area contributed by atoms with Crippen LogP contribution in [0.1, 0.15) is 20.7 Å². The first-order valence-electron chi connectivity index (χ1n) is 6.62. The Morgan fingerprint density at radius 1 is 0.905 bits per heavy atom. The Hall–Kier alpha value is -2.30. The van der Waals surface area contributed by atoms with Gasteiger partial charge in [-0.25, -0.2) is 0 Å². The lowest BCUT2D eigenvalue weighted by molar-refractivity contribution is 0.0188. The van der Waals surface area contributed by atoms with Gasteiger partial charge in [0.2, 0.25) is 0 Å². The fourth-order valence-electron chi connectivity index (χ4n) is 1.88. The first-order valence-corrected chi connectivity index (χ1v) is 6.62. The van der Waals surface area contributed by atoms with Gasteiger partial charge >= 0.3 is 0 Å². The lowest BCUT2D eigenvalue weighted by atomic mass is 10.1. The van der Waals surface area contributed by atoms with Gasteiger partial charge in [-0.05, 0) is 0 Å². The number of carbonyl (C=O) groups is 2. The molecule has 0 aliphatic heterocycles. The highest BCUT2D eigenvalue weighted by molar-refractivity contribution is 6.00. The third-order valence-electron chi connectivity index (χ3n) is 3.03. The summed E-state index contributed by atoms with van der Waals surface area (Å²) < 4.78 is 5.27. The third kappa shape index (κ3) is 4.08. The zero-order chi connectivity index (χ0) is 15.1. The number of ether oxygens (including phenoxy) is 1. The van der Waals surface area contributed by atoms with Crippen molar-refractivity contribution in [2.75, 3.05) is 13.2 Å². The van der Waals surface area contributed by atoms with E-state index in [2.05, 4.69) is 0 Å². The number of carbonyl (C=O) groups excluding carboxylic acids is 2. The summed E-state index contributed by atoms with van der Waals surface area (Å²) in [6, 6.07) is 17.2. The predicted octanol–water partition coefficient (Wildman–Crippen LogP) is 2.13. The van der Waals surface area contributed by atoms with Crippen LogP contribution in [0.25, 0.3) is 0 Å². The summed E-state index contributed by atoms with van der Waals surface area (Å²) in [5, 5.41) is 9.28. The van der Waals surface area contributed by atoms with E-state index < -0.39 is 12.7 Å². The van der Waals surface area contributed by atoms with Crippen molar-refractivity contribution < 1.29 is 19.4 Å². The number of ketones is 2. The molecule has 0 aliphatic carbocycles. The molecule has 0 amide bonds. The predicted molar refractivity (Wildman–Crippen MR) is 78.4 cm³/mol. The SMILES string of the molecule is O=C(COC(CO)C(=O)c1ccccc1)c1ccccc1. The normalized spacial score (nSPS) is 11.9. The third-order valence-corrected chi connectivity index (χ3v) is 3.03. The molecule has 0 saturated heterocycles. The summed E-state index contributed by atoms with van der Waals surface area (Å²) in [6.45, 7) is -0.705. The first-order chi connectivity index (χ1) is 10.2. The Bertz CT molecular complexity index is 593. The number of rotatable bonds is 7. The van der Waals surface area contributed by atoms with E-state index in [0.29, 0.717) is 11.1 Å². The summed E-state index contributed by atoms with van der Waals surface area (Å²) in [4.78, 5) is 24.0. The monoisotopic (exact) mass is 284 g/mol. The molecular weight excluding hydrogens is 268 g/mol. The van der Waals surface area contributed by atoms with E-state index in [1.165, 1.54) is 0 Å². The highest BCUT2D eigenvalue weighted by atomic mass is 16.5. The molecule has 0 fully saturated rings. The molecule has 0 radical (unpaired) electrons. The molecule has 2 aromatic rings. The Morgan fingerprint density at radius 3 is 1.95 bits per heavy atom. The smallest absolute Gasteiger partial charge is 0.193 e. The molecular formula is C17H16O4. The second-order valence-corrected chi connectivity index (χ2v) is 4.50. The summed E-state index contributed by atoms with van der Waals surface area (Å²) in [6.07, 6.45) is -1.03. The van der Waals surface area contributed by atoms with Crippen molar-refractivity contribution in [2.24, 2.45) is 0 Å². The summed E-state index contributed by atoms with van der Waals surface area (Å²) in [7, 11) is 0. The van der Waals surface area contributed by atoms with Crippen LogP contribution in [0.15, 0.2) is 60.7 Å². The van der Waals surface area contributed by atoms with Gasteiger partial charge < -0.3 is 9.84 Å². The second-order valence-electron chi connectivity index (χ2n) is 4.50. The number of benzene rings is 2. The highest BCUT2D eigenvalue weighted by Crippen LogP contribution is 2.08. The second kappa shape index (κ2) is 7.47. The van der Waals surface area contributed by atoms with Crippen molar-refractivity contribution in [3.05, 3.63) is 71.8 Å². The van der Waals surface area contributed by atoms with Crippen LogP contribution < -0.4 is 0 Å². The molecule has 0 saturated carbocycles. The van der Waals surface area contributed by atoms with E-state index in [4.69, 9.17) is 4.74 Å². The maximum absolute atomic E-state index is 12.1. The molecule has 4 nitrogen and oxygen atoms in total. The zero-order valence-corrected chi connectivity index (χ0v) is 11.4. The Labute approximate surface area is 123 Å². The maximum atomic E-state index is 12.1. The van der Waals surface area contributed by atoms with Crippen molar-refractivity contribution >= 4 is 11.6 Å². The largest absolute Gasteiger partial charge is 0.393 e. The van der Waals surface area contributed by atoms with E-state index in [1.807, 2.05) is 6.07 Å². The van der Waals surface area contributed by atoms with E-state index in [9.17, 15) is 14.7 Å². The Kier molecular flexibility index (Phi) is 5.37. The zero-order valence-electron chi connectivity index (χ0n) is 11.4. The average Bonchev–Trinajstić information content (AvgIpc) is 2.56. The lowest BCUT2D eigenvalue weighted by Gasteiger charge is -2.14. The molecule has 0 aliphatic rings. The number of hydrogen-bond donors (Lipinski definition) is 1. The molecule has 2 rings (SSSR count). The maximum Gasteiger partial charge on any atom is 0.193 e. The van der Waals surface area contributed by atoms with Crippen LogP contribution in [-0.2, 0) is 4.74 Å². The molecule has 0 bridgehead atoms. The molecule has 1 N–H and O–H groups in total. The number of aliphatic hydroxyl groups is 1. The van der Waals surface area contributed by atoms with E-state index >= 15 is 0 Å². The van der Waals surface area contributed by atoms with Crippen LogP contribution in [0.3, 0.4) is 0 Å². The molecule has 4 heteroatoms. The minimum absolute atomic E-state index is 0.227. The molecule has 0 aromatic heterocycles. The van der Waals surface area contributed by atoms with Crippen LogP contribution in [0, 0.1) is 0 Å². The van der Waals surface area contributed by atoms with Gasteiger partial charge in [-0.15, -0.1) is 0 Å². The van der Waals surface area contributed by atoms with Gasteiger partial charge in [0.1, 0.15) is 12.7 Å². The molecule has 0 spiro atoms. The quantitative estimate of drug-likeness (QED) is 0.791. The molecule has 0 heterocycles. The standard InChI is InChI=1S/C17H16O4/c18-11-16(17(20)14-9-5-2-6-10-14)21-12-15(19)13-7-3-1-4-8-13/h1-10,16,18H,11-12H2. The number of Topliss-reactive ketones (excluding diaryl/α,β-unsaturated/α-hetero) is 2. The Balaban J connectivity index is 1.97. The minimum atomic E-state index is -1.03. The van der Waals surface area contributed by atoms with Gasteiger partial charge in [0.25, 0.3) is 0 Å². The lowest BCUT2D eigenvalue weighted by Crippen LogP contribution is -2.30. The summed E-state index contributed by atoms with van der Waals surface area (Å²) in [5.74, 6) is -0.561. The van der Waals surface area contributed by atoms with E-state index in [1.54, 1.807) is 54.6 Å². The summed E-state index contributed by atoms with van der Waals surface area (Å²) in [5.41, 5.74) is 0.963. The van der Waals surface area contributed by atoms with Crippen molar-refractivity contribution in [3.63, 3.8) is 0 Å². The first kappa shape index (κ1) is 15.1. The average molecular weight is 284 g/mol. The number of aliphatic hydroxyl groups excluding tert-OH is 1. The van der Waals surface area contributed by atoms with Crippen molar-refractivity contribution in [1.29, 1.82) is 0 Å². The van der Waals surface area contributed by atoms with Crippen LogP contribution >= 0.6 is 0 Å². The van der Waals surface area contributed by atoms with Gasteiger partial charge in [-0.3, -0.25) is 9.59 Å². The summed E-state index contributed by atoms with van der Waals surface area (Å²) >= 11 is 0. The van der Waals surface area contributed by atoms with Crippen molar-refractivity contribution in [1.82, 2.24) is 0 Å². The number of hydrogen-bond acceptors (Lipinski definition) is 4. The van der Waals surface area contributed by atoms with Crippen LogP contribution in [-0.4, -0.2) is 36.0 Å². The molecule has 2 aromatic carbocycles. The topological polar surface area (TPSA) is 63.6 Å². The van der Waals surface area contributed by atoms with Crippen LogP contribution in [0.5, 0.6) is 0 Å². The van der Waals surface area contributed by atoms with Crippen molar-refractivity contribution in [3.8, 4) is 0 Å². The van der Waals surface area contributed by atoms with Crippen LogP contribution in [0.4, 0.5) is 0 Å². The van der Waals surface area contributed by atoms with Gasteiger partial charge in [-0.2, -0.15) is 0 Å². The molecule has 1 atom stereocenters. The minimum Gasteiger partial charge on any atom is -0.393 e. The Morgan fingerprint density at radius 2 is 1.43 bits per heavy atom. The van der Waals surface area contributed by atoms with Gasteiger partial charge in [0.05, 0.1) is 6.61 Å². The molecule has 21 heavy (non-hydrogen) atoms. The fourth-order valence-corrected chi connectivity index (χ4v) is 1.88. The van der Waals surface area contributed by atoms with Gasteiger partial charge in [-0.1, -0.05) is 60.7 Å². The molecule has 108 valence electrons. The van der Waals surface area contributed by atoms with Gasteiger partial charge in [0.15, 0.2) is 11.6 Å². The van der Waals surface area contributed by atoms with E-state index in [-0.39, 0.29) is 18.2 Å². The highest BCUT2D eigenvalue weighted by Gasteiger charge is 2.21. The van der Waals surface area contributed by atoms with E-state index in [0.717, 1.165) is 0 Å². The van der Waals surface area contributed by atoms with Crippen molar-refractivity contribution in [2.45, 2.75) is 6.10 Å². The fraction of sp³-hybridized carbons (Fsp3) is 0.176. The van der Waals surface area contributed by atoms with Gasteiger partial charge in [0, 0.05) is 11.1 Å². The van der Waals surface area contributed by atoms with Crippen LogP contribution in [0.2, 0.25) is 0 Å². The molecule has 1 unspecified atom stereocenters.